The first kappa shape index (κ1) is 12.7. The molecule has 7 nitrogen and oxygen atoms in total. The lowest BCUT2D eigenvalue weighted by Gasteiger charge is -2.10. The molecule has 1 saturated carbocycles. The largest absolute Gasteiger partial charge is 0.476 e. The van der Waals surface area contributed by atoms with E-state index in [1.807, 2.05) is 18.3 Å². The molecule has 3 rings (SSSR count). The third-order valence-corrected chi connectivity index (χ3v) is 3.16. The first-order valence-electron chi connectivity index (χ1n) is 6.78. The summed E-state index contributed by atoms with van der Waals surface area (Å²) in [6.07, 6.45) is 5.97. The van der Waals surface area contributed by atoms with E-state index in [0.717, 1.165) is 12.4 Å². The number of hydrogen-bond acceptors (Lipinski definition) is 6. The molecule has 0 spiro atoms. The normalized spacial score (nSPS) is 14.2. The van der Waals surface area contributed by atoms with Gasteiger partial charge in [-0.15, -0.1) is 5.10 Å². The van der Waals surface area contributed by atoms with Gasteiger partial charge >= 0.3 is 0 Å². The molecule has 106 valence electrons. The van der Waals surface area contributed by atoms with Gasteiger partial charge in [0, 0.05) is 12.7 Å². The van der Waals surface area contributed by atoms with Gasteiger partial charge in [0.2, 0.25) is 5.88 Å². The third kappa shape index (κ3) is 3.37. The zero-order chi connectivity index (χ0) is 13.8. The number of nitrogens with one attached hydrogen (secondary N) is 1. The fourth-order valence-electron chi connectivity index (χ4n) is 1.80. The number of nitrogen functional groups attached to an aromatic ring is 1. The molecule has 0 aromatic carbocycles. The quantitative estimate of drug-likeness (QED) is 0.787. The Morgan fingerprint density at radius 3 is 3.05 bits per heavy atom. The molecule has 0 amide bonds. The predicted octanol–water partition coefficient (Wildman–Crippen LogP) is 1.16. The zero-order valence-electron chi connectivity index (χ0n) is 11.2. The molecule has 0 saturated heterocycles. The Labute approximate surface area is 117 Å². The highest BCUT2D eigenvalue weighted by molar-refractivity contribution is 5.53. The number of nitrogens with zero attached hydrogens (tertiary/aromatic N) is 4. The first-order chi connectivity index (χ1) is 9.81. The van der Waals surface area contributed by atoms with E-state index < -0.39 is 0 Å². The average Bonchev–Trinajstić information content (AvgIpc) is 3.14. The third-order valence-electron chi connectivity index (χ3n) is 3.16. The molecule has 2 aromatic rings. The summed E-state index contributed by atoms with van der Waals surface area (Å²) in [6, 6.07) is 3.66. The Balaban J connectivity index is 1.53. The van der Waals surface area contributed by atoms with Crippen LogP contribution in [-0.2, 0) is 6.54 Å². The molecule has 1 aliphatic rings. The van der Waals surface area contributed by atoms with Crippen molar-refractivity contribution in [3.63, 3.8) is 0 Å². The Morgan fingerprint density at radius 2 is 2.30 bits per heavy atom. The summed E-state index contributed by atoms with van der Waals surface area (Å²) >= 11 is 0. The van der Waals surface area contributed by atoms with Crippen LogP contribution < -0.4 is 15.8 Å². The van der Waals surface area contributed by atoms with Crippen molar-refractivity contribution in [2.45, 2.75) is 19.4 Å². The van der Waals surface area contributed by atoms with Crippen LogP contribution in [-0.4, -0.2) is 33.1 Å². The topological polar surface area (TPSA) is 90.9 Å². The van der Waals surface area contributed by atoms with Crippen molar-refractivity contribution in [1.82, 2.24) is 20.0 Å². The summed E-state index contributed by atoms with van der Waals surface area (Å²) < 4.78 is 7.41. The van der Waals surface area contributed by atoms with Gasteiger partial charge in [0.25, 0.3) is 0 Å². The van der Waals surface area contributed by atoms with Crippen molar-refractivity contribution in [2.75, 3.05) is 24.2 Å². The number of anilines is 2. The highest BCUT2D eigenvalue weighted by Gasteiger charge is 2.22. The Morgan fingerprint density at radius 1 is 1.40 bits per heavy atom. The minimum Gasteiger partial charge on any atom is -0.476 e. The first-order valence-corrected chi connectivity index (χ1v) is 6.78. The van der Waals surface area contributed by atoms with Crippen LogP contribution >= 0.6 is 0 Å². The second-order valence-electron chi connectivity index (χ2n) is 4.94. The summed E-state index contributed by atoms with van der Waals surface area (Å²) in [5.41, 5.74) is 6.44. The van der Waals surface area contributed by atoms with E-state index in [1.54, 1.807) is 10.9 Å². The summed E-state index contributed by atoms with van der Waals surface area (Å²) in [6.45, 7) is 2.15. The minimum absolute atomic E-state index is 0.516. The van der Waals surface area contributed by atoms with Crippen LogP contribution in [0.15, 0.2) is 24.5 Å². The molecular formula is C13H18N6O. The van der Waals surface area contributed by atoms with Crippen molar-refractivity contribution in [2.24, 2.45) is 5.92 Å². The van der Waals surface area contributed by atoms with Crippen LogP contribution in [0.2, 0.25) is 0 Å². The SMILES string of the molecule is Nc1ccc(NCCn2ccnn2)nc1OCC1CC1. The van der Waals surface area contributed by atoms with E-state index in [4.69, 9.17) is 10.5 Å². The smallest absolute Gasteiger partial charge is 0.239 e. The number of ether oxygens (including phenoxy) is 1. The second-order valence-corrected chi connectivity index (χ2v) is 4.94. The van der Waals surface area contributed by atoms with E-state index in [0.29, 0.717) is 30.6 Å². The van der Waals surface area contributed by atoms with Crippen LogP contribution in [0.5, 0.6) is 5.88 Å². The molecule has 0 atom stereocenters. The van der Waals surface area contributed by atoms with Gasteiger partial charge in [0.1, 0.15) is 5.82 Å². The molecular weight excluding hydrogens is 256 g/mol. The summed E-state index contributed by atoms with van der Waals surface area (Å²) in [5.74, 6) is 1.95. The molecule has 1 fully saturated rings. The van der Waals surface area contributed by atoms with Crippen LogP contribution in [0.4, 0.5) is 11.5 Å². The maximum absolute atomic E-state index is 5.86. The average molecular weight is 274 g/mol. The van der Waals surface area contributed by atoms with Gasteiger partial charge in [-0.2, -0.15) is 4.98 Å². The lowest BCUT2D eigenvalue weighted by Crippen LogP contribution is -2.12. The summed E-state index contributed by atoms with van der Waals surface area (Å²) in [7, 11) is 0. The van der Waals surface area contributed by atoms with E-state index in [2.05, 4.69) is 20.6 Å². The van der Waals surface area contributed by atoms with Gasteiger partial charge in [-0.3, -0.25) is 4.68 Å². The van der Waals surface area contributed by atoms with E-state index in [9.17, 15) is 0 Å². The van der Waals surface area contributed by atoms with Crippen molar-refractivity contribution in [3.05, 3.63) is 24.5 Å². The summed E-state index contributed by atoms with van der Waals surface area (Å²) in [4.78, 5) is 4.39. The molecule has 7 heteroatoms. The maximum Gasteiger partial charge on any atom is 0.239 e. The number of aromatic nitrogens is 4. The number of nitrogens with two attached hydrogens (primary N) is 1. The van der Waals surface area contributed by atoms with Gasteiger partial charge in [-0.25, -0.2) is 0 Å². The van der Waals surface area contributed by atoms with E-state index in [-0.39, 0.29) is 0 Å². The van der Waals surface area contributed by atoms with Crippen LogP contribution in [0.3, 0.4) is 0 Å². The monoisotopic (exact) mass is 274 g/mol. The Kier molecular flexibility index (Phi) is 3.67. The molecule has 1 aliphatic carbocycles. The van der Waals surface area contributed by atoms with Gasteiger partial charge in [-0.1, -0.05) is 5.21 Å². The van der Waals surface area contributed by atoms with E-state index in [1.165, 1.54) is 12.8 Å². The van der Waals surface area contributed by atoms with Crippen molar-refractivity contribution >= 4 is 11.5 Å². The highest BCUT2D eigenvalue weighted by atomic mass is 16.5. The lowest BCUT2D eigenvalue weighted by atomic mass is 10.4. The standard InChI is InChI=1S/C13H18N6O/c14-11-3-4-12(15-5-7-19-8-6-16-18-19)17-13(11)20-9-10-1-2-10/h3-4,6,8,10H,1-2,5,7,9,14H2,(H,15,17). The fraction of sp³-hybridized carbons (Fsp3) is 0.462. The van der Waals surface area contributed by atoms with Gasteiger partial charge in [0.05, 0.1) is 25.0 Å². The van der Waals surface area contributed by atoms with Gasteiger partial charge < -0.3 is 15.8 Å². The molecule has 2 aromatic heterocycles. The minimum atomic E-state index is 0.516. The fourth-order valence-corrected chi connectivity index (χ4v) is 1.80. The van der Waals surface area contributed by atoms with Gasteiger partial charge in [-0.05, 0) is 30.9 Å². The molecule has 3 N–H and O–H groups in total. The van der Waals surface area contributed by atoms with E-state index >= 15 is 0 Å². The Bertz CT molecular complexity index is 552. The van der Waals surface area contributed by atoms with Crippen LogP contribution in [0.25, 0.3) is 0 Å². The number of hydrogen-bond donors (Lipinski definition) is 2. The van der Waals surface area contributed by atoms with Crippen LogP contribution in [0, 0.1) is 5.92 Å². The second kappa shape index (κ2) is 5.77. The molecule has 0 radical (unpaired) electrons. The Hall–Kier alpha value is -2.31. The molecule has 20 heavy (non-hydrogen) atoms. The number of pyridine rings is 1. The zero-order valence-corrected chi connectivity index (χ0v) is 11.2. The summed E-state index contributed by atoms with van der Waals surface area (Å²) in [5, 5.41) is 10.9. The van der Waals surface area contributed by atoms with Crippen molar-refractivity contribution in [3.8, 4) is 5.88 Å². The molecule has 2 heterocycles. The van der Waals surface area contributed by atoms with Crippen molar-refractivity contribution in [1.29, 1.82) is 0 Å². The molecule has 0 aliphatic heterocycles. The predicted molar refractivity (Wildman–Crippen MR) is 75.4 cm³/mol. The maximum atomic E-state index is 5.86. The van der Waals surface area contributed by atoms with Crippen LogP contribution in [0.1, 0.15) is 12.8 Å². The molecule has 0 bridgehead atoms. The lowest BCUT2D eigenvalue weighted by molar-refractivity contribution is 0.290. The van der Waals surface area contributed by atoms with Gasteiger partial charge in [0.15, 0.2) is 0 Å². The molecule has 0 unspecified atom stereocenters. The van der Waals surface area contributed by atoms with Crippen molar-refractivity contribution < 1.29 is 4.74 Å². The highest BCUT2D eigenvalue weighted by Crippen LogP contribution is 2.30. The number of rotatable bonds is 7.